The highest BCUT2D eigenvalue weighted by atomic mass is 127. The zero-order chi connectivity index (χ0) is 19.7. The molecule has 0 saturated carbocycles. The van der Waals surface area contributed by atoms with Crippen LogP contribution < -0.4 is 4.74 Å². The van der Waals surface area contributed by atoms with Crippen LogP contribution in [0.15, 0.2) is 65.3 Å². The second kappa shape index (κ2) is 8.20. The van der Waals surface area contributed by atoms with Gasteiger partial charge in [-0.25, -0.2) is 9.79 Å². The molecule has 0 atom stereocenters. The van der Waals surface area contributed by atoms with Gasteiger partial charge in [0.25, 0.3) is 0 Å². The summed E-state index contributed by atoms with van der Waals surface area (Å²) < 4.78 is 13.1. The Hall–Kier alpha value is -1.94. The number of halogens is 2. The molecule has 6 heteroatoms. The van der Waals surface area contributed by atoms with E-state index in [2.05, 4.69) is 50.2 Å². The molecule has 1 aliphatic heterocycles. The SMILES string of the molecule is CCOc1c(I)cc(/C=C2\N=C(c3ccc4ccccc4c3)OC2=O)cc1I. The summed E-state index contributed by atoms with van der Waals surface area (Å²) in [5.41, 5.74) is 1.96. The van der Waals surface area contributed by atoms with Crippen molar-refractivity contribution in [3.05, 3.63) is 78.6 Å². The smallest absolute Gasteiger partial charge is 0.363 e. The first-order chi connectivity index (χ1) is 13.5. The molecule has 28 heavy (non-hydrogen) atoms. The Morgan fingerprint density at radius 2 is 1.75 bits per heavy atom. The molecule has 3 aromatic carbocycles. The minimum Gasteiger partial charge on any atom is -0.492 e. The Balaban J connectivity index is 1.68. The maximum absolute atomic E-state index is 12.3. The number of carbonyl (C=O) groups excluding carboxylic acids is 1. The topological polar surface area (TPSA) is 47.9 Å². The molecule has 0 radical (unpaired) electrons. The Kier molecular flexibility index (Phi) is 5.68. The van der Waals surface area contributed by atoms with E-state index in [0.717, 1.165) is 34.8 Å². The second-order valence-corrected chi connectivity index (χ2v) is 8.47. The number of aliphatic imine (C=N–C) groups is 1. The van der Waals surface area contributed by atoms with Gasteiger partial charge < -0.3 is 9.47 Å². The lowest BCUT2D eigenvalue weighted by Crippen LogP contribution is -2.05. The van der Waals surface area contributed by atoms with Gasteiger partial charge in [-0.15, -0.1) is 0 Å². The first-order valence-corrected chi connectivity index (χ1v) is 10.8. The minimum absolute atomic E-state index is 0.291. The van der Waals surface area contributed by atoms with E-state index in [9.17, 15) is 4.79 Å². The molecule has 0 bridgehead atoms. The number of hydrogen-bond donors (Lipinski definition) is 0. The fraction of sp³-hybridized carbons (Fsp3) is 0.0909. The molecule has 1 aliphatic rings. The van der Waals surface area contributed by atoms with E-state index in [1.54, 1.807) is 6.08 Å². The number of fused-ring (bicyclic) bond motifs is 1. The Morgan fingerprint density at radius 1 is 1.04 bits per heavy atom. The van der Waals surface area contributed by atoms with E-state index in [0.29, 0.717) is 18.2 Å². The summed E-state index contributed by atoms with van der Waals surface area (Å²) in [7, 11) is 0. The van der Waals surface area contributed by atoms with Gasteiger partial charge in [0, 0.05) is 5.56 Å². The summed E-state index contributed by atoms with van der Waals surface area (Å²) in [5, 5.41) is 2.21. The highest BCUT2D eigenvalue weighted by molar-refractivity contribution is 14.1. The summed E-state index contributed by atoms with van der Waals surface area (Å²) in [5.74, 6) is 0.750. The van der Waals surface area contributed by atoms with Gasteiger partial charge in [0.2, 0.25) is 5.90 Å². The third-order valence-corrected chi connectivity index (χ3v) is 5.83. The summed E-state index contributed by atoms with van der Waals surface area (Å²) >= 11 is 4.47. The molecule has 0 fully saturated rings. The average molecular weight is 595 g/mol. The van der Waals surface area contributed by atoms with Crippen molar-refractivity contribution in [1.29, 1.82) is 0 Å². The molecule has 3 aromatic rings. The molecule has 0 N–H and O–H groups in total. The molecule has 4 rings (SSSR count). The minimum atomic E-state index is -0.443. The molecule has 0 aliphatic carbocycles. The van der Waals surface area contributed by atoms with Crippen LogP contribution >= 0.6 is 45.2 Å². The van der Waals surface area contributed by atoms with Crippen LogP contribution in [-0.4, -0.2) is 18.5 Å². The van der Waals surface area contributed by atoms with Crippen LogP contribution in [0, 0.1) is 7.14 Å². The Labute approximate surface area is 189 Å². The van der Waals surface area contributed by atoms with E-state index >= 15 is 0 Å². The average Bonchev–Trinajstić information content (AvgIpc) is 3.05. The van der Waals surface area contributed by atoms with Crippen molar-refractivity contribution < 1.29 is 14.3 Å². The zero-order valence-corrected chi connectivity index (χ0v) is 19.2. The van der Waals surface area contributed by atoms with Crippen LogP contribution in [-0.2, 0) is 9.53 Å². The third-order valence-electron chi connectivity index (χ3n) is 4.23. The van der Waals surface area contributed by atoms with Crippen molar-refractivity contribution in [1.82, 2.24) is 0 Å². The van der Waals surface area contributed by atoms with Crippen molar-refractivity contribution in [2.75, 3.05) is 6.61 Å². The molecule has 140 valence electrons. The molecule has 0 saturated heterocycles. The molecular weight excluding hydrogens is 580 g/mol. The van der Waals surface area contributed by atoms with E-state index in [-0.39, 0.29) is 0 Å². The van der Waals surface area contributed by atoms with Gasteiger partial charge in [0.15, 0.2) is 5.70 Å². The van der Waals surface area contributed by atoms with E-state index in [1.807, 2.05) is 61.5 Å². The molecule has 0 aromatic heterocycles. The highest BCUT2D eigenvalue weighted by Gasteiger charge is 2.24. The normalized spacial score (nSPS) is 15.0. The zero-order valence-electron chi connectivity index (χ0n) is 14.9. The maximum Gasteiger partial charge on any atom is 0.363 e. The monoisotopic (exact) mass is 595 g/mol. The van der Waals surface area contributed by atoms with Crippen molar-refractivity contribution in [2.24, 2.45) is 4.99 Å². The quantitative estimate of drug-likeness (QED) is 0.218. The van der Waals surface area contributed by atoms with E-state index < -0.39 is 5.97 Å². The predicted octanol–water partition coefficient (Wildman–Crippen LogP) is 5.79. The number of hydrogen-bond acceptors (Lipinski definition) is 4. The van der Waals surface area contributed by atoms with Gasteiger partial charge in [-0.1, -0.05) is 30.3 Å². The van der Waals surface area contributed by atoms with E-state index in [1.165, 1.54) is 0 Å². The number of esters is 1. The van der Waals surface area contributed by atoms with Crippen molar-refractivity contribution in [3.8, 4) is 5.75 Å². The number of nitrogens with zero attached hydrogens (tertiary/aromatic N) is 1. The summed E-state index contributed by atoms with van der Waals surface area (Å²) in [6, 6.07) is 17.9. The number of rotatable bonds is 4. The summed E-state index contributed by atoms with van der Waals surface area (Å²) in [6.07, 6.45) is 1.75. The van der Waals surface area contributed by atoms with Gasteiger partial charge in [-0.05, 0) is 98.8 Å². The van der Waals surface area contributed by atoms with Crippen molar-refractivity contribution in [2.45, 2.75) is 6.92 Å². The van der Waals surface area contributed by atoms with Crippen molar-refractivity contribution >= 4 is 73.9 Å². The lowest BCUT2D eigenvalue weighted by Gasteiger charge is -2.09. The Morgan fingerprint density at radius 3 is 2.46 bits per heavy atom. The standard InChI is InChI=1S/C22H15I2NO3/c1-2-27-20-17(23)9-13(10-18(20)24)11-19-22(26)28-21(25-19)16-8-7-14-5-3-4-6-15(14)12-16/h3-12H,2H2,1H3/b19-11-. The van der Waals surface area contributed by atoms with Gasteiger partial charge in [-0.2, -0.15) is 0 Å². The Bertz CT molecular complexity index is 1130. The fourth-order valence-electron chi connectivity index (χ4n) is 2.96. The first-order valence-electron chi connectivity index (χ1n) is 8.68. The number of ether oxygens (including phenoxy) is 2. The van der Waals surface area contributed by atoms with Gasteiger partial charge in [0.05, 0.1) is 13.7 Å². The second-order valence-electron chi connectivity index (χ2n) is 6.14. The molecule has 0 amide bonds. The maximum atomic E-state index is 12.3. The van der Waals surface area contributed by atoms with Crippen LogP contribution in [0.5, 0.6) is 5.75 Å². The molecule has 4 nitrogen and oxygen atoms in total. The van der Waals surface area contributed by atoms with Gasteiger partial charge in [-0.3, -0.25) is 0 Å². The molecule has 0 spiro atoms. The highest BCUT2D eigenvalue weighted by Crippen LogP contribution is 2.30. The van der Waals surface area contributed by atoms with Gasteiger partial charge in [0.1, 0.15) is 5.75 Å². The summed E-state index contributed by atoms with van der Waals surface area (Å²) in [6.45, 7) is 2.57. The molecule has 0 unspecified atom stereocenters. The summed E-state index contributed by atoms with van der Waals surface area (Å²) in [4.78, 5) is 16.8. The van der Waals surface area contributed by atoms with Crippen molar-refractivity contribution in [3.63, 3.8) is 0 Å². The number of benzene rings is 3. The lowest BCUT2D eigenvalue weighted by atomic mass is 10.1. The van der Waals surface area contributed by atoms with E-state index in [4.69, 9.17) is 9.47 Å². The van der Waals surface area contributed by atoms with Crippen LogP contribution in [0.2, 0.25) is 0 Å². The molecule has 1 heterocycles. The third kappa shape index (κ3) is 3.93. The van der Waals surface area contributed by atoms with Crippen LogP contribution in [0.4, 0.5) is 0 Å². The lowest BCUT2D eigenvalue weighted by molar-refractivity contribution is -0.129. The van der Waals surface area contributed by atoms with Crippen LogP contribution in [0.25, 0.3) is 16.8 Å². The van der Waals surface area contributed by atoms with Crippen LogP contribution in [0.1, 0.15) is 18.1 Å². The van der Waals surface area contributed by atoms with Gasteiger partial charge >= 0.3 is 5.97 Å². The van der Waals surface area contributed by atoms with Crippen LogP contribution in [0.3, 0.4) is 0 Å². The number of carbonyl (C=O) groups is 1. The first kappa shape index (κ1) is 19.4. The number of cyclic esters (lactones) is 1. The molecular formula is C22H15I2NO3. The largest absolute Gasteiger partial charge is 0.492 e. The fourth-order valence-corrected chi connectivity index (χ4v) is 5.09. The predicted molar refractivity (Wildman–Crippen MR) is 128 cm³/mol.